The summed E-state index contributed by atoms with van der Waals surface area (Å²) in [4.78, 5) is 25.9. The SMILES string of the molecule is CC(C)(C)OC(=O)C[C@H](F)CCCN(N=[N+]=[N-])C(=O)OC(C)(C)C. The van der Waals surface area contributed by atoms with Gasteiger partial charge in [0.15, 0.2) is 0 Å². The summed E-state index contributed by atoms with van der Waals surface area (Å²) < 4.78 is 23.9. The van der Waals surface area contributed by atoms with Crippen LogP contribution in [0, 0.1) is 0 Å². The number of halogens is 1. The average Bonchev–Trinajstić information content (AvgIpc) is 2.32. The first-order chi connectivity index (χ1) is 10.8. The highest BCUT2D eigenvalue weighted by Crippen LogP contribution is 2.15. The molecule has 0 fully saturated rings. The molecule has 0 unspecified atom stereocenters. The third-order valence-electron chi connectivity index (χ3n) is 2.45. The monoisotopic (exact) mass is 346 g/mol. The van der Waals surface area contributed by atoms with Gasteiger partial charge < -0.3 is 9.47 Å². The van der Waals surface area contributed by atoms with Gasteiger partial charge in [0, 0.05) is 0 Å². The molecule has 0 N–H and O–H groups in total. The van der Waals surface area contributed by atoms with Gasteiger partial charge in [-0.3, -0.25) is 4.79 Å². The summed E-state index contributed by atoms with van der Waals surface area (Å²) in [7, 11) is 0. The van der Waals surface area contributed by atoms with Gasteiger partial charge >= 0.3 is 12.1 Å². The van der Waals surface area contributed by atoms with Crippen molar-refractivity contribution in [1.82, 2.24) is 5.01 Å². The molecule has 0 saturated carbocycles. The van der Waals surface area contributed by atoms with Gasteiger partial charge in [-0.2, -0.15) is 9.71 Å². The molecule has 0 radical (unpaired) electrons. The molecule has 0 aromatic carbocycles. The fraction of sp³-hybridized carbons (Fsp3) is 0.867. The highest BCUT2D eigenvalue weighted by molar-refractivity contribution is 5.70. The number of hydrogen-bond acceptors (Lipinski definition) is 5. The van der Waals surface area contributed by atoms with Crippen LogP contribution in [0.1, 0.15) is 60.8 Å². The number of ether oxygens (including phenoxy) is 2. The predicted octanol–water partition coefficient (Wildman–Crippen LogP) is 4.30. The van der Waals surface area contributed by atoms with Gasteiger partial charge in [-0.15, -0.1) is 10.5 Å². The van der Waals surface area contributed by atoms with Crippen molar-refractivity contribution in [3.05, 3.63) is 10.4 Å². The second-order valence-electron chi connectivity index (χ2n) is 7.31. The zero-order valence-electron chi connectivity index (χ0n) is 15.2. The minimum atomic E-state index is -1.40. The molecule has 0 saturated heterocycles. The van der Waals surface area contributed by atoms with E-state index in [4.69, 9.17) is 15.0 Å². The molecule has 0 aromatic rings. The molecular weight excluding hydrogens is 319 g/mol. The maximum atomic E-state index is 13.8. The van der Waals surface area contributed by atoms with Gasteiger partial charge in [0.05, 0.1) is 6.42 Å². The van der Waals surface area contributed by atoms with Crippen LogP contribution in [0.4, 0.5) is 9.18 Å². The van der Waals surface area contributed by atoms with Gasteiger partial charge in [0.1, 0.15) is 23.9 Å². The second-order valence-corrected chi connectivity index (χ2v) is 7.31. The Kier molecular flexibility index (Phi) is 8.53. The zero-order chi connectivity index (χ0) is 19.0. The van der Waals surface area contributed by atoms with Crippen LogP contribution in [-0.4, -0.2) is 41.0 Å². The van der Waals surface area contributed by atoms with Gasteiger partial charge in [-0.1, -0.05) is 0 Å². The molecule has 8 nitrogen and oxygen atoms in total. The molecule has 0 aliphatic heterocycles. The first-order valence-corrected chi connectivity index (χ1v) is 7.75. The van der Waals surface area contributed by atoms with Crippen molar-refractivity contribution in [2.75, 3.05) is 6.54 Å². The summed E-state index contributed by atoms with van der Waals surface area (Å²) in [5, 5.41) is 4.04. The molecule has 0 rings (SSSR count). The Bertz CT molecular complexity index is 479. The van der Waals surface area contributed by atoms with E-state index >= 15 is 0 Å². The summed E-state index contributed by atoms with van der Waals surface area (Å²) in [6.07, 6.45) is -2.32. The van der Waals surface area contributed by atoms with E-state index in [0.717, 1.165) is 5.01 Å². The van der Waals surface area contributed by atoms with Crippen LogP contribution < -0.4 is 0 Å². The van der Waals surface area contributed by atoms with Crippen molar-refractivity contribution in [3.63, 3.8) is 0 Å². The Hall–Kier alpha value is -2.02. The molecule has 0 aliphatic rings. The third-order valence-corrected chi connectivity index (χ3v) is 2.45. The lowest BCUT2D eigenvalue weighted by Crippen LogP contribution is -2.34. The predicted molar refractivity (Wildman–Crippen MR) is 86.7 cm³/mol. The van der Waals surface area contributed by atoms with Crippen LogP contribution in [0.3, 0.4) is 0 Å². The Balaban J connectivity index is 4.35. The van der Waals surface area contributed by atoms with Crippen LogP contribution in [-0.2, 0) is 14.3 Å². The first-order valence-electron chi connectivity index (χ1n) is 7.75. The molecule has 1 amide bonds. The summed E-state index contributed by atoms with van der Waals surface area (Å²) in [5.41, 5.74) is 7.10. The largest absolute Gasteiger partial charge is 0.510 e. The quantitative estimate of drug-likeness (QED) is 0.225. The normalized spacial score (nSPS) is 12.8. The molecule has 9 heteroatoms. The summed E-state index contributed by atoms with van der Waals surface area (Å²) in [6, 6.07) is 0. The Labute approximate surface area is 141 Å². The Morgan fingerprint density at radius 2 is 1.71 bits per heavy atom. The Morgan fingerprint density at radius 1 is 1.17 bits per heavy atom. The number of rotatable bonds is 7. The Morgan fingerprint density at radius 3 is 2.17 bits per heavy atom. The van der Waals surface area contributed by atoms with Crippen molar-refractivity contribution in [3.8, 4) is 0 Å². The number of amides is 1. The van der Waals surface area contributed by atoms with Crippen molar-refractivity contribution in [2.45, 2.75) is 78.2 Å². The van der Waals surface area contributed by atoms with Crippen molar-refractivity contribution >= 4 is 12.1 Å². The number of carbonyl (C=O) groups excluding carboxylic acids is 2. The number of esters is 1. The van der Waals surface area contributed by atoms with Gasteiger partial charge in [0.2, 0.25) is 0 Å². The van der Waals surface area contributed by atoms with Crippen LogP contribution in [0.25, 0.3) is 10.4 Å². The number of carbonyl (C=O) groups is 2. The van der Waals surface area contributed by atoms with E-state index in [2.05, 4.69) is 10.1 Å². The van der Waals surface area contributed by atoms with Crippen molar-refractivity contribution in [2.24, 2.45) is 5.22 Å². The third kappa shape index (κ3) is 11.5. The van der Waals surface area contributed by atoms with Gasteiger partial charge in [-0.05, 0) is 59.6 Å². The molecule has 1 atom stereocenters. The van der Waals surface area contributed by atoms with E-state index in [1.165, 1.54) is 0 Å². The minimum absolute atomic E-state index is 0.00624. The van der Waals surface area contributed by atoms with Crippen LogP contribution in [0.15, 0.2) is 5.22 Å². The van der Waals surface area contributed by atoms with E-state index < -0.39 is 29.4 Å². The molecule has 0 aliphatic carbocycles. The van der Waals surface area contributed by atoms with Gasteiger partial charge in [-0.25, -0.2) is 4.39 Å². The van der Waals surface area contributed by atoms with Crippen LogP contribution >= 0.6 is 0 Å². The maximum absolute atomic E-state index is 13.8. The molecule has 0 bridgehead atoms. The first kappa shape index (κ1) is 22.0. The summed E-state index contributed by atoms with van der Waals surface area (Å²) >= 11 is 0. The smallest absolute Gasteiger partial charge is 0.460 e. The van der Waals surface area contributed by atoms with E-state index in [1.54, 1.807) is 41.5 Å². The molecule has 0 spiro atoms. The summed E-state index contributed by atoms with van der Waals surface area (Å²) in [5.74, 6) is -0.617. The lowest BCUT2D eigenvalue weighted by molar-refractivity contribution is -0.156. The average molecular weight is 346 g/mol. The number of nitrogens with zero attached hydrogens (tertiary/aromatic N) is 4. The lowest BCUT2D eigenvalue weighted by Gasteiger charge is -2.21. The molecule has 0 aromatic heterocycles. The topological polar surface area (TPSA) is 105 Å². The van der Waals surface area contributed by atoms with Crippen LogP contribution in [0.2, 0.25) is 0 Å². The van der Waals surface area contributed by atoms with Crippen molar-refractivity contribution < 1.29 is 23.5 Å². The highest BCUT2D eigenvalue weighted by Gasteiger charge is 2.26. The number of azide groups is 1. The fourth-order valence-electron chi connectivity index (χ4n) is 1.66. The summed E-state index contributed by atoms with van der Waals surface area (Å²) in [6.45, 7) is 10.1. The standard InChI is InChI=1S/C15H27FN4O4/c1-14(2,3)23-12(21)10-11(16)8-7-9-20(19-18-17)13(22)24-15(4,5)6/h11H,7-10H2,1-6H3/t11-/m1/s1. The number of hydrogen-bond donors (Lipinski definition) is 0. The fourth-order valence-corrected chi connectivity index (χ4v) is 1.66. The molecular formula is C15H27FN4O4. The van der Waals surface area contributed by atoms with E-state index in [0.29, 0.717) is 0 Å². The lowest BCUT2D eigenvalue weighted by atomic mass is 10.1. The highest BCUT2D eigenvalue weighted by atomic mass is 19.1. The minimum Gasteiger partial charge on any atom is -0.460 e. The van der Waals surface area contributed by atoms with E-state index in [-0.39, 0.29) is 25.8 Å². The maximum Gasteiger partial charge on any atom is 0.510 e. The zero-order valence-corrected chi connectivity index (χ0v) is 15.2. The van der Waals surface area contributed by atoms with Crippen molar-refractivity contribution in [1.29, 1.82) is 0 Å². The van der Waals surface area contributed by atoms with Crippen LogP contribution in [0.5, 0.6) is 0 Å². The molecule has 138 valence electrons. The number of alkyl halides is 1. The van der Waals surface area contributed by atoms with E-state index in [1.807, 2.05) is 0 Å². The molecule has 24 heavy (non-hydrogen) atoms. The molecule has 0 heterocycles. The second kappa shape index (κ2) is 9.32. The van der Waals surface area contributed by atoms with E-state index in [9.17, 15) is 14.0 Å². The van der Waals surface area contributed by atoms with Gasteiger partial charge in [0.25, 0.3) is 0 Å².